The summed E-state index contributed by atoms with van der Waals surface area (Å²) >= 11 is 5.04. The summed E-state index contributed by atoms with van der Waals surface area (Å²) in [6.07, 6.45) is 1.16. The van der Waals surface area contributed by atoms with Crippen LogP contribution < -0.4 is 11.1 Å². The standard InChI is InChI=1S/C12H13BrN2O2S2/c1-19(16,17)9-3-4-11(10(14)6-9)15-7-8-2-5-12(13)18-8/h2-6,15H,7,14H2,1H3. The molecule has 2 rings (SSSR count). The first-order valence-corrected chi connectivity index (χ1v) is 8.94. The van der Waals surface area contributed by atoms with E-state index in [0.29, 0.717) is 12.2 Å². The molecular formula is C12H13BrN2O2S2. The number of benzene rings is 1. The third-order valence-electron chi connectivity index (χ3n) is 2.53. The Morgan fingerprint density at radius 1 is 1.32 bits per heavy atom. The van der Waals surface area contributed by atoms with Gasteiger partial charge in [0.25, 0.3) is 0 Å². The molecule has 0 radical (unpaired) electrons. The normalized spacial score (nSPS) is 11.5. The zero-order chi connectivity index (χ0) is 14.0. The molecule has 1 aromatic heterocycles. The van der Waals surface area contributed by atoms with Gasteiger partial charge in [-0.2, -0.15) is 0 Å². The number of hydrogen-bond acceptors (Lipinski definition) is 5. The lowest BCUT2D eigenvalue weighted by molar-refractivity contribution is 0.602. The Morgan fingerprint density at radius 2 is 2.05 bits per heavy atom. The largest absolute Gasteiger partial charge is 0.397 e. The summed E-state index contributed by atoms with van der Waals surface area (Å²) in [7, 11) is -3.22. The molecule has 2 aromatic rings. The highest BCUT2D eigenvalue weighted by atomic mass is 79.9. The fourth-order valence-electron chi connectivity index (χ4n) is 1.56. The van der Waals surface area contributed by atoms with E-state index in [0.717, 1.165) is 15.7 Å². The van der Waals surface area contributed by atoms with Gasteiger partial charge >= 0.3 is 0 Å². The molecule has 1 heterocycles. The lowest BCUT2D eigenvalue weighted by Gasteiger charge is -2.09. The second-order valence-corrected chi connectivity index (χ2v) is 8.64. The van der Waals surface area contributed by atoms with Gasteiger partial charge in [-0.05, 0) is 46.3 Å². The van der Waals surface area contributed by atoms with E-state index < -0.39 is 9.84 Å². The number of nitrogens with two attached hydrogens (primary N) is 1. The maximum atomic E-state index is 11.4. The summed E-state index contributed by atoms with van der Waals surface area (Å²) in [5.74, 6) is 0. The van der Waals surface area contributed by atoms with Gasteiger partial charge in [-0.25, -0.2) is 8.42 Å². The molecule has 4 nitrogen and oxygen atoms in total. The first kappa shape index (κ1) is 14.4. The predicted octanol–water partition coefficient (Wildman–Crippen LogP) is 3.11. The SMILES string of the molecule is CS(=O)(=O)c1ccc(NCc2ccc(Br)s2)c(N)c1. The third-order valence-corrected chi connectivity index (χ3v) is 5.27. The van der Waals surface area contributed by atoms with Crippen molar-refractivity contribution in [2.45, 2.75) is 11.4 Å². The first-order valence-electron chi connectivity index (χ1n) is 5.44. The minimum absolute atomic E-state index is 0.231. The molecule has 0 fully saturated rings. The average molecular weight is 361 g/mol. The van der Waals surface area contributed by atoms with E-state index >= 15 is 0 Å². The molecule has 0 aliphatic carbocycles. The van der Waals surface area contributed by atoms with Crippen molar-refractivity contribution in [3.8, 4) is 0 Å². The molecule has 1 aromatic carbocycles. The number of sulfone groups is 1. The molecule has 0 atom stereocenters. The summed E-state index contributed by atoms with van der Waals surface area (Å²) < 4.78 is 23.9. The van der Waals surface area contributed by atoms with Crippen molar-refractivity contribution in [1.82, 2.24) is 0 Å². The first-order chi connectivity index (χ1) is 8.86. The van der Waals surface area contributed by atoms with Gasteiger partial charge in [0.15, 0.2) is 9.84 Å². The van der Waals surface area contributed by atoms with Crippen molar-refractivity contribution in [3.63, 3.8) is 0 Å². The molecule has 19 heavy (non-hydrogen) atoms. The molecular weight excluding hydrogens is 348 g/mol. The van der Waals surface area contributed by atoms with Gasteiger partial charge in [0.1, 0.15) is 0 Å². The van der Waals surface area contributed by atoms with Crippen LogP contribution in [0.3, 0.4) is 0 Å². The van der Waals surface area contributed by atoms with Gasteiger partial charge in [-0.15, -0.1) is 11.3 Å². The Balaban J connectivity index is 2.14. The van der Waals surface area contributed by atoms with E-state index in [2.05, 4.69) is 21.2 Å². The van der Waals surface area contributed by atoms with Crippen molar-refractivity contribution in [1.29, 1.82) is 0 Å². The number of thiophene rings is 1. The number of rotatable bonds is 4. The van der Waals surface area contributed by atoms with Gasteiger partial charge in [-0.1, -0.05) is 0 Å². The number of anilines is 2. The topological polar surface area (TPSA) is 72.2 Å². The molecule has 0 amide bonds. The highest BCUT2D eigenvalue weighted by Crippen LogP contribution is 2.26. The van der Waals surface area contributed by atoms with Crippen LogP contribution in [0.1, 0.15) is 4.88 Å². The van der Waals surface area contributed by atoms with Crippen LogP contribution in [0.2, 0.25) is 0 Å². The maximum absolute atomic E-state index is 11.4. The summed E-state index contributed by atoms with van der Waals surface area (Å²) in [5, 5.41) is 3.19. The van der Waals surface area contributed by atoms with E-state index in [-0.39, 0.29) is 4.90 Å². The number of nitrogen functional groups attached to an aromatic ring is 1. The lowest BCUT2D eigenvalue weighted by Crippen LogP contribution is -2.04. The quantitative estimate of drug-likeness (QED) is 0.821. The molecule has 0 aliphatic heterocycles. The molecule has 0 saturated heterocycles. The number of nitrogens with one attached hydrogen (secondary N) is 1. The van der Waals surface area contributed by atoms with E-state index in [4.69, 9.17) is 5.73 Å². The van der Waals surface area contributed by atoms with Gasteiger partial charge in [0, 0.05) is 17.7 Å². The Morgan fingerprint density at radius 3 is 2.58 bits per heavy atom. The summed E-state index contributed by atoms with van der Waals surface area (Å²) in [6.45, 7) is 0.651. The predicted molar refractivity (Wildman–Crippen MR) is 83.3 cm³/mol. The van der Waals surface area contributed by atoms with E-state index in [1.807, 2.05) is 12.1 Å². The smallest absolute Gasteiger partial charge is 0.175 e. The fourth-order valence-corrected chi connectivity index (χ4v) is 3.64. The van der Waals surface area contributed by atoms with E-state index in [1.165, 1.54) is 10.9 Å². The summed E-state index contributed by atoms with van der Waals surface area (Å²) in [5.41, 5.74) is 7.02. The molecule has 102 valence electrons. The van der Waals surface area contributed by atoms with Crippen molar-refractivity contribution in [3.05, 3.63) is 39.0 Å². The number of halogens is 1. The van der Waals surface area contributed by atoms with Crippen LogP contribution in [0.5, 0.6) is 0 Å². The van der Waals surface area contributed by atoms with Crippen LogP contribution >= 0.6 is 27.3 Å². The Labute approximate surface area is 124 Å². The Bertz CT molecular complexity index is 696. The van der Waals surface area contributed by atoms with Crippen LogP contribution in [0.25, 0.3) is 0 Å². The highest BCUT2D eigenvalue weighted by Gasteiger charge is 2.09. The van der Waals surface area contributed by atoms with Crippen molar-refractivity contribution in [2.24, 2.45) is 0 Å². The maximum Gasteiger partial charge on any atom is 0.175 e. The molecule has 7 heteroatoms. The van der Waals surface area contributed by atoms with Crippen LogP contribution in [0.15, 0.2) is 39.0 Å². The number of hydrogen-bond donors (Lipinski definition) is 2. The van der Waals surface area contributed by atoms with Gasteiger partial charge < -0.3 is 11.1 Å². The molecule has 0 saturated carbocycles. The molecule has 3 N–H and O–H groups in total. The lowest BCUT2D eigenvalue weighted by atomic mass is 10.2. The monoisotopic (exact) mass is 360 g/mol. The minimum atomic E-state index is -3.22. The van der Waals surface area contributed by atoms with Crippen LogP contribution in [0.4, 0.5) is 11.4 Å². The van der Waals surface area contributed by atoms with Crippen molar-refractivity contribution in [2.75, 3.05) is 17.3 Å². The molecule has 0 aliphatic rings. The van der Waals surface area contributed by atoms with Crippen LogP contribution in [-0.2, 0) is 16.4 Å². The van der Waals surface area contributed by atoms with Crippen molar-refractivity contribution >= 4 is 48.5 Å². The fraction of sp³-hybridized carbons (Fsp3) is 0.167. The molecule has 0 spiro atoms. The third kappa shape index (κ3) is 3.71. The van der Waals surface area contributed by atoms with Crippen LogP contribution in [-0.4, -0.2) is 14.7 Å². The second-order valence-electron chi connectivity index (χ2n) is 4.08. The van der Waals surface area contributed by atoms with E-state index in [1.54, 1.807) is 23.5 Å². The minimum Gasteiger partial charge on any atom is -0.397 e. The summed E-state index contributed by atoms with van der Waals surface area (Å²) in [6, 6.07) is 8.72. The highest BCUT2D eigenvalue weighted by molar-refractivity contribution is 9.11. The van der Waals surface area contributed by atoms with Gasteiger partial charge in [0.2, 0.25) is 0 Å². The van der Waals surface area contributed by atoms with Crippen LogP contribution in [0, 0.1) is 0 Å². The van der Waals surface area contributed by atoms with Gasteiger partial charge in [-0.3, -0.25) is 0 Å². The summed E-state index contributed by atoms with van der Waals surface area (Å²) in [4.78, 5) is 1.40. The Hall–Kier alpha value is -1.05. The average Bonchev–Trinajstić information content (AvgIpc) is 2.72. The van der Waals surface area contributed by atoms with Crippen molar-refractivity contribution < 1.29 is 8.42 Å². The molecule has 0 bridgehead atoms. The Kier molecular flexibility index (Phi) is 4.17. The molecule has 0 unspecified atom stereocenters. The zero-order valence-electron chi connectivity index (χ0n) is 10.2. The zero-order valence-corrected chi connectivity index (χ0v) is 13.4. The van der Waals surface area contributed by atoms with E-state index in [9.17, 15) is 8.42 Å². The van der Waals surface area contributed by atoms with Gasteiger partial charge in [0.05, 0.1) is 20.1 Å². The second kappa shape index (κ2) is 5.52.